The van der Waals surface area contributed by atoms with Crippen molar-refractivity contribution in [3.8, 4) is 0 Å². The lowest BCUT2D eigenvalue weighted by atomic mass is 9.87. The molecular weight excluding hydrogens is 372 g/mol. The molecule has 6 heteroatoms. The third-order valence-electron chi connectivity index (χ3n) is 6.10. The number of methoxy groups -OCH3 is 2. The Bertz CT molecular complexity index is 531. The van der Waals surface area contributed by atoms with Crippen LogP contribution in [0.5, 0.6) is 0 Å². The summed E-state index contributed by atoms with van der Waals surface area (Å²) in [4.78, 5) is 11.1. The van der Waals surface area contributed by atoms with E-state index in [2.05, 4.69) is 11.7 Å². The van der Waals surface area contributed by atoms with Gasteiger partial charge in [-0.05, 0) is 38.5 Å². The topological polar surface area (TPSA) is 96.2 Å². The molecule has 1 saturated carbocycles. The van der Waals surface area contributed by atoms with Crippen LogP contribution >= 0.6 is 0 Å². The number of rotatable bonds is 13. The fraction of sp³-hybridized carbons (Fsp3) is 0.783. The number of hydrogen-bond donors (Lipinski definition) is 3. The molecule has 0 spiro atoms. The first-order valence-corrected chi connectivity index (χ1v) is 10.8. The van der Waals surface area contributed by atoms with Crippen molar-refractivity contribution in [2.45, 2.75) is 89.1 Å². The minimum Gasteiger partial charge on any atom is -0.469 e. The summed E-state index contributed by atoms with van der Waals surface area (Å²) >= 11 is 0. The highest BCUT2D eigenvalue weighted by atomic mass is 16.5. The average molecular weight is 413 g/mol. The van der Waals surface area contributed by atoms with Crippen LogP contribution in [0.15, 0.2) is 24.3 Å². The first-order valence-electron chi connectivity index (χ1n) is 10.8. The van der Waals surface area contributed by atoms with Crippen LogP contribution in [0.2, 0.25) is 0 Å². The lowest BCUT2D eigenvalue weighted by Crippen LogP contribution is -2.40. The highest BCUT2D eigenvalue weighted by Crippen LogP contribution is 2.37. The van der Waals surface area contributed by atoms with E-state index in [1.54, 1.807) is 13.2 Å². The zero-order chi connectivity index (χ0) is 21.9. The molecule has 0 saturated heterocycles. The number of hydrogen-bond acceptors (Lipinski definition) is 6. The van der Waals surface area contributed by atoms with Gasteiger partial charge in [0.25, 0.3) is 0 Å². The van der Waals surface area contributed by atoms with Crippen LogP contribution < -0.4 is 0 Å². The van der Waals surface area contributed by atoms with Crippen molar-refractivity contribution in [3.05, 3.63) is 24.3 Å². The molecule has 1 aliphatic carbocycles. The molecule has 0 radical (unpaired) electrons. The Morgan fingerprint density at radius 1 is 1.21 bits per heavy atom. The van der Waals surface area contributed by atoms with E-state index in [1.165, 1.54) is 7.11 Å². The van der Waals surface area contributed by atoms with Crippen LogP contribution in [0, 0.1) is 11.8 Å². The Labute approximate surface area is 175 Å². The molecule has 0 heterocycles. The molecule has 0 aromatic carbocycles. The molecule has 1 rings (SSSR count). The third kappa shape index (κ3) is 8.21. The first kappa shape index (κ1) is 25.8. The normalized spacial score (nSPS) is 28.1. The van der Waals surface area contributed by atoms with Crippen LogP contribution in [0.1, 0.15) is 65.2 Å². The molecule has 0 aromatic heterocycles. The molecular formula is C23H40O6. The molecule has 0 amide bonds. The predicted molar refractivity (Wildman–Crippen MR) is 113 cm³/mol. The number of esters is 1. The maximum Gasteiger partial charge on any atom is 0.305 e. The van der Waals surface area contributed by atoms with Gasteiger partial charge < -0.3 is 24.8 Å². The summed E-state index contributed by atoms with van der Waals surface area (Å²) in [7, 11) is 2.99. The Kier molecular flexibility index (Phi) is 11.7. The summed E-state index contributed by atoms with van der Waals surface area (Å²) in [6, 6.07) is 0. The Balaban J connectivity index is 2.65. The summed E-state index contributed by atoms with van der Waals surface area (Å²) in [5.41, 5.74) is -0.663. The van der Waals surface area contributed by atoms with E-state index in [-0.39, 0.29) is 17.8 Å². The molecule has 168 valence electrons. The second-order valence-electron chi connectivity index (χ2n) is 8.24. The van der Waals surface area contributed by atoms with E-state index in [0.717, 1.165) is 32.1 Å². The Morgan fingerprint density at radius 3 is 2.55 bits per heavy atom. The average Bonchev–Trinajstić information content (AvgIpc) is 2.98. The molecule has 29 heavy (non-hydrogen) atoms. The summed E-state index contributed by atoms with van der Waals surface area (Å²) in [5, 5.41) is 31.3. The molecule has 1 fully saturated rings. The van der Waals surface area contributed by atoms with Crippen LogP contribution in [-0.2, 0) is 14.3 Å². The van der Waals surface area contributed by atoms with Crippen molar-refractivity contribution in [2.24, 2.45) is 11.8 Å². The van der Waals surface area contributed by atoms with E-state index in [9.17, 15) is 20.1 Å². The van der Waals surface area contributed by atoms with Crippen molar-refractivity contribution >= 4 is 5.97 Å². The van der Waals surface area contributed by atoms with Gasteiger partial charge in [-0.3, -0.25) is 4.79 Å². The minimum atomic E-state index is -0.779. The van der Waals surface area contributed by atoms with Gasteiger partial charge in [0, 0.05) is 25.9 Å². The lowest BCUT2D eigenvalue weighted by molar-refractivity contribution is -0.140. The first-order chi connectivity index (χ1) is 13.8. The zero-order valence-electron chi connectivity index (χ0n) is 18.4. The predicted octanol–water partition coefficient (Wildman–Crippen LogP) is 3.15. The van der Waals surface area contributed by atoms with Gasteiger partial charge in [-0.1, -0.05) is 44.1 Å². The van der Waals surface area contributed by atoms with E-state index >= 15 is 0 Å². The molecule has 6 nitrogen and oxygen atoms in total. The maximum absolute atomic E-state index is 11.1. The van der Waals surface area contributed by atoms with Crippen molar-refractivity contribution in [1.29, 1.82) is 0 Å². The summed E-state index contributed by atoms with van der Waals surface area (Å²) < 4.78 is 10.2. The molecule has 6 atom stereocenters. The van der Waals surface area contributed by atoms with Gasteiger partial charge in [-0.25, -0.2) is 0 Å². The van der Waals surface area contributed by atoms with Crippen LogP contribution in [0.25, 0.3) is 0 Å². The number of ether oxygens (including phenoxy) is 2. The highest BCUT2D eigenvalue weighted by molar-refractivity contribution is 5.69. The van der Waals surface area contributed by atoms with Gasteiger partial charge in [-0.2, -0.15) is 0 Å². The summed E-state index contributed by atoms with van der Waals surface area (Å²) in [6.45, 7) is 3.99. The summed E-state index contributed by atoms with van der Waals surface area (Å²) in [6.07, 6.45) is 11.2. The van der Waals surface area contributed by atoms with Crippen LogP contribution in [0.3, 0.4) is 0 Å². The quantitative estimate of drug-likeness (QED) is 0.244. The van der Waals surface area contributed by atoms with Gasteiger partial charge in [0.2, 0.25) is 0 Å². The van der Waals surface area contributed by atoms with Crippen molar-refractivity contribution in [3.63, 3.8) is 0 Å². The number of aliphatic hydroxyl groups excluding tert-OH is 3. The fourth-order valence-corrected chi connectivity index (χ4v) is 3.88. The lowest BCUT2D eigenvalue weighted by Gasteiger charge is -2.32. The second kappa shape index (κ2) is 13.2. The van der Waals surface area contributed by atoms with Crippen molar-refractivity contribution in [1.82, 2.24) is 0 Å². The van der Waals surface area contributed by atoms with Gasteiger partial charge in [0.15, 0.2) is 0 Å². The van der Waals surface area contributed by atoms with Gasteiger partial charge in [0.1, 0.15) is 6.10 Å². The van der Waals surface area contributed by atoms with Gasteiger partial charge >= 0.3 is 5.97 Å². The number of unbranched alkanes of at least 4 members (excludes halogenated alkanes) is 2. The van der Waals surface area contributed by atoms with Gasteiger partial charge in [-0.15, -0.1) is 0 Å². The molecule has 1 aliphatic rings. The fourth-order valence-electron chi connectivity index (χ4n) is 3.88. The Morgan fingerprint density at radius 2 is 1.93 bits per heavy atom. The number of carbonyl (C=O) groups is 1. The SMILES string of the molecule is CCCC[C@@](C)(OC)[C@@H](O)/C=C/C1[C@H](O)C[C@H](O)[C@@H]1C/C=C\CCCC(=O)OC. The summed E-state index contributed by atoms with van der Waals surface area (Å²) in [5.74, 6) is -0.528. The zero-order valence-corrected chi connectivity index (χ0v) is 18.4. The van der Waals surface area contributed by atoms with Crippen molar-refractivity contribution < 1.29 is 29.6 Å². The monoisotopic (exact) mass is 412 g/mol. The Hall–Kier alpha value is -1.21. The van der Waals surface area contributed by atoms with E-state index in [0.29, 0.717) is 19.3 Å². The number of carbonyl (C=O) groups excluding carboxylic acids is 1. The molecule has 3 N–H and O–H groups in total. The maximum atomic E-state index is 11.1. The molecule has 1 unspecified atom stereocenters. The third-order valence-corrected chi connectivity index (χ3v) is 6.10. The standard InChI is InChI=1S/C23H40O6/c1-5-6-15-23(2,29-4)21(26)14-13-18-17(19(24)16-20(18)25)11-9-7-8-10-12-22(27)28-3/h7,9,13-14,17-21,24-26H,5-6,8,10-12,15-16H2,1-4H3/b9-7-,14-13+/t17-,18?,19+,20-,21+,23-/m1/s1. The highest BCUT2D eigenvalue weighted by Gasteiger charge is 2.40. The van der Waals surface area contributed by atoms with Crippen LogP contribution in [0.4, 0.5) is 0 Å². The van der Waals surface area contributed by atoms with Gasteiger partial charge in [0.05, 0.1) is 24.9 Å². The minimum absolute atomic E-state index is 0.102. The van der Waals surface area contributed by atoms with Crippen LogP contribution in [-0.4, -0.2) is 59.4 Å². The smallest absolute Gasteiger partial charge is 0.305 e. The number of allylic oxidation sites excluding steroid dienone is 2. The molecule has 0 aliphatic heterocycles. The second-order valence-corrected chi connectivity index (χ2v) is 8.24. The number of aliphatic hydroxyl groups is 3. The molecule has 0 bridgehead atoms. The van der Waals surface area contributed by atoms with Crippen molar-refractivity contribution in [2.75, 3.05) is 14.2 Å². The largest absolute Gasteiger partial charge is 0.469 e. The molecule has 0 aromatic rings. The van der Waals surface area contributed by atoms with E-state index in [4.69, 9.17) is 4.74 Å². The van der Waals surface area contributed by atoms with E-state index < -0.39 is 23.9 Å². The van der Waals surface area contributed by atoms with E-state index in [1.807, 2.05) is 25.2 Å².